The highest BCUT2D eigenvalue weighted by atomic mass is 32.1. The number of carboxylic acids is 1. The number of thiocarbonyl (C=S) groups is 1. The van der Waals surface area contributed by atoms with Crippen LogP contribution in [0.4, 0.5) is 4.79 Å². The SMILES string of the molecule is O=C1NC(=S)C[C@@H](C(=O)O)N1. The number of carboxylic acid groups (broad SMARTS) is 1. The van der Waals surface area contributed by atoms with Crippen molar-refractivity contribution in [2.45, 2.75) is 12.5 Å². The molecule has 0 unspecified atom stereocenters. The Morgan fingerprint density at radius 2 is 2.36 bits per heavy atom. The summed E-state index contributed by atoms with van der Waals surface area (Å²) in [7, 11) is 0. The summed E-state index contributed by atoms with van der Waals surface area (Å²) in [5.41, 5.74) is 0. The molecule has 0 saturated carbocycles. The normalized spacial score (nSPS) is 23.8. The predicted octanol–water partition coefficient (Wildman–Crippen LogP) is -0.530. The van der Waals surface area contributed by atoms with Crippen LogP contribution < -0.4 is 10.6 Å². The molecule has 5 nitrogen and oxygen atoms in total. The van der Waals surface area contributed by atoms with Crippen molar-refractivity contribution >= 4 is 29.2 Å². The van der Waals surface area contributed by atoms with E-state index in [1.807, 2.05) is 0 Å². The first-order valence-electron chi connectivity index (χ1n) is 2.93. The minimum Gasteiger partial charge on any atom is -0.480 e. The zero-order chi connectivity index (χ0) is 8.43. The summed E-state index contributed by atoms with van der Waals surface area (Å²) in [6, 6.07) is -1.43. The third-order valence-electron chi connectivity index (χ3n) is 1.25. The zero-order valence-electron chi connectivity index (χ0n) is 5.46. The van der Waals surface area contributed by atoms with Gasteiger partial charge < -0.3 is 15.7 Å². The first-order chi connectivity index (χ1) is 5.09. The van der Waals surface area contributed by atoms with Crippen LogP contribution in [0.2, 0.25) is 0 Å². The molecule has 0 aromatic heterocycles. The van der Waals surface area contributed by atoms with Gasteiger partial charge >= 0.3 is 12.0 Å². The average molecular weight is 174 g/mol. The molecule has 0 aromatic rings. The van der Waals surface area contributed by atoms with Crippen molar-refractivity contribution < 1.29 is 14.7 Å². The molecular formula is C5H6N2O3S. The van der Waals surface area contributed by atoms with E-state index in [0.29, 0.717) is 0 Å². The first kappa shape index (κ1) is 7.93. The minimum absolute atomic E-state index is 0.163. The maximum atomic E-state index is 10.6. The second-order valence-corrected chi connectivity index (χ2v) is 2.61. The summed E-state index contributed by atoms with van der Waals surface area (Å²) in [5, 5.41) is 13.0. The number of aliphatic carboxylic acids is 1. The van der Waals surface area contributed by atoms with Gasteiger partial charge in [-0.3, -0.25) is 0 Å². The molecule has 1 rings (SSSR count). The molecule has 1 aliphatic rings. The topological polar surface area (TPSA) is 78.4 Å². The molecule has 1 saturated heterocycles. The highest BCUT2D eigenvalue weighted by Crippen LogP contribution is 1.98. The highest BCUT2D eigenvalue weighted by molar-refractivity contribution is 7.80. The van der Waals surface area contributed by atoms with Crippen molar-refractivity contribution in [3.8, 4) is 0 Å². The Labute approximate surface area is 67.8 Å². The van der Waals surface area contributed by atoms with E-state index in [-0.39, 0.29) is 11.4 Å². The molecule has 0 aromatic carbocycles. The Balaban J connectivity index is 2.63. The Morgan fingerprint density at radius 3 is 2.82 bits per heavy atom. The Kier molecular flexibility index (Phi) is 2.04. The largest absolute Gasteiger partial charge is 0.480 e. The fraction of sp³-hybridized carbons (Fsp3) is 0.400. The van der Waals surface area contributed by atoms with Gasteiger partial charge in [0.2, 0.25) is 0 Å². The van der Waals surface area contributed by atoms with E-state index in [9.17, 15) is 9.59 Å². The number of hydrogen-bond donors (Lipinski definition) is 3. The monoisotopic (exact) mass is 174 g/mol. The Morgan fingerprint density at radius 1 is 1.73 bits per heavy atom. The summed E-state index contributed by atoms with van der Waals surface area (Å²) in [6.45, 7) is 0. The average Bonchev–Trinajstić information content (AvgIpc) is 1.85. The van der Waals surface area contributed by atoms with Crippen LogP contribution in [-0.2, 0) is 4.79 Å². The number of nitrogens with one attached hydrogen (secondary N) is 2. The molecule has 3 N–H and O–H groups in total. The zero-order valence-corrected chi connectivity index (χ0v) is 6.27. The van der Waals surface area contributed by atoms with E-state index in [4.69, 9.17) is 5.11 Å². The van der Waals surface area contributed by atoms with Gasteiger partial charge in [-0.15, -0.1) is 0 Å². The summed E-state index contributed by atoms with van der Waals surface area (Å²) >= 11 is 4.64. The van der Waals surface area contributed by atoms with Crippen LogP contribution in [0.15, 0.2) is 0 Å². The third-order valence-corrected chi connectivity index (χ3v) is 1.51. The summed E-state index contributed by atoms with van der Waals surface area (Å²) in [4.78, 5) is 21.2. The van der Waals surface area contributed by atoms with E-state index >= 15 is 0 Å². The molecule has 0 radical (unpaired) electrons. The van der Waals surface area contributed by atoms with Crippen LogP contribution in [-0.4, -0.2) is 28.1 Å². The standard InChI is InChI=1S/C5H6N2O3S/c8-4(9)2-1-3(11)7-5(10)6-2/h2H,1H2,(H,8,9)(H2,6,7,10,11)/t2-/m0/s1. The van der Waals surface area contributed by atoms with Gasteiger partial charge in [-0.25, -0.2) is 9.59 Å². The van der Waals surface area contributed by atoms with Crippen LogP contribution in [0, 0.1) is 0 Å². The van der Waals surface area contributed by atoms with Crippen molar-refractivity contribution in [3.63, 3.8) is 0 Å². The number of carbonyl (C=O) groups excluding carboxylic acids is 1. The van der Waals surface area contributed by atoms with Crippen molar-refractivity contribution in [1.29, 1.82) is 0 Å². The van der Waals surface area contributed by atoms with Gasteiger partial charge in [0.15, 0.2) is 0 Å². The Bertz CT molecular complexity index is 212. The molecule has 1 fully saturated rings. The number of amides is 2. The highest BCUT2D eigenvalue weighted by Gasteiger charge is 2.26. The molecule has 1 heterocycles. The van der Waals surface area contributed by atoms with E-state index in [2.05, 4.69) is 22.9 Å². The van der Waals surface area contributed by atoms with E-state index in [1.165, 1.54) is 0 Å². The number of carbonyl (C=O) groups is 2. The molecule has 0 aliphatic carbocycles. The summed E-state index contributed by atoms with van der Waals surface area (Å²) in [6.07, 6.45) is 0.163. The van der Waals surface area contributed by atoms with Gasteiger partial charge in [0, 0.05) is 6.42 Å². The summed E-state index contributed by atoms with van der Waals surface area (Å²) < 4.78 is 0. The van der Waals surface area contributed by atoms with E-state index < -0.39 is 18.0 Å². The summed E-state index contributed by atoms with van der Waals surface area (Å²) in [5.74, 6) is -1.07. The Hall–Kier alpha value is -1.17. The van der Waals surface area contributed by atoms with Gasteiger partial charge in [-0.05, 0) is 0 Å². The fourth-order valence-electron chi connectivity index (χ4n) is 0.757. The van der Waals surface area contributed by atoms with Crippen molar-refractivity contribution in [2.24, 2.45) is 0 Å². The van der Waals surface area contributed by atoms with Crippen molar-refractivity contribution in [2.75, 3.05) is 0 Å². The molecular weight excluding hydrogens is 168 g/mol. The number of urea groups is 1. The van der Waals surface area contributed by atoms with Crippen LogP contribution >= 0.6 is 12.2 Å². The van der Waals surface area contributed by atoms with Crippen LogP contribution in [0.3, 0.4) is 0 Å². The van der Waals surface area contributed by atoms with E-state index in [1.54, 1.807) is 0 Å². The number of hydrogen-bond acceptors (Lipinski definition) is 3. The molecule has 0 spiro atoms. The van der Waals surface area contributed by atoms with Crippen LogP contribution in [0.25, 0.3) is 0 Å². The minimum atomic E-state index is -1.07. The van der Waals surface area contributed by atoms with Crippen molar-refractivity contribution in [3.05, 3.63) is 0 Å². The second kappa shape index (κ2) is 2.83. The molecule has 1 aliphatic heterocycles. The number of rotatable bonds is 1. The maximum absolute atomic E-state index is 10.6. The molecule has 0 bridgehead atoms. The van der Waals surface area contributed by atoms with Crippen LogP contribution in [0.5, 0.6) is 0 Å². The first-order valence-corrected chi connectivity index (χ1v) is 3.33. The van der Waals surface area contributed by atoms with Gasteiger partial charge in [-0.2, -0.15) is 0 Å². The quantitative estimate of drug-likeness (QED) is 0.467. The lowest BCUT2D eigenvalue weighted by atomic mass is 10.2. The van der Waals surface area contributed by atoms with Gasteiger partial charge in [0.05, 0.1) is 4.99 Å². The lowest BCUT2D eigenvalue weighted by molar-refractivity contribution is -0.139. The lowest BCUT2D eigenvalue weighted by Gasteiger charge is -2.20. The predicted molar refractivity (Wildman–Crippen MR) is 40.3 cm³/mol. The van der Waals surface area contributed by atoms with Gasteiger partial charge in [0.1, 0.15) is 6.04 Å². The molecule has 60 valence electrons. The molecule has 6 heteroatoms. The smallest absolute Gasteiger partial charge is 0.326 e. The van der Waals surface area contributed by atoms with Crippen LogP contribution in [0.1, 0.15) is 6.42 Å². The molecule has 2 amide bonds. The van der Waals surface area contributed by atoms with E-state index in [0.717, 1.165) is 0 Å². The van der Waals surface area contributed by atoms with Crippen molar-refractivity contribution in [1.82, 2.24) is 10.6 Å². The maximum Gasteiger partial charge on any atom is 0.326 e. The molecule has 11 heavy (non-hydrogen) atoms. The second-order valence-electron chi connectivity index (χ2n) is 2.12. The third kappa shape index (κ3) is 1.87. The lowest BCUT2D eigenvalue weighted by Crippen LogP contribution is -2.54. The fourth-order valence-corrected chi connectivity index (χ4v) is 1.02. The van der Waals surface area contributed by atoms with Gasteiger partial charge in [-0.1, -0.05) is 12.2 Å². The van der Waals surface area contributed by atoms with Gasteiger partial charge in [0.25, 0.3) is 0 Å². The molecule has 1 atom stereocenters.